The number of halogens is 3. The monoisotopic (exact) mass is 360 g/mol. The third kappa shape index (κ3) is 3.32. The zero-order chi connectivity index (χ0) is 18.1. The summed E-state index contributed by atoms with van der Waals surface area (Å²) in [6.07, 6.45) is -0.264. The van der Waals surface area contributed by atoms with Gasteiger partial charge in [0.15, 0.2) is 0 Å². The van der Waals surface area contributed by atoms with Gasteiger partial charge in [0.1, 0.15) is 17.3 Å². The summed E-state index contributed by atoms with van der Waals surface area (Å²) in [6, 6.07) is 6.75. The van der Waals surface area contributed by atoms with Gasteiger partial charge in [-0.2, -0.15) is 13.2 Å². The van der Waals surface area contributed by atoms with E-state index in [2.05, 4.69) is 20.0 Å². The van der Waals surface area contributed by atoms with Crippen molar-refractivity contribution in [1.29, 1.82) is 0 Å². The molecule has 0 spiro atoms. The highest BCUT2D eigenvalue weighted by molar-refractivity contribution is 5.64. The molecule has 4 rings (SSSR count). The van der Waals surface area contributed by atoms with Gasteiger partial charge < -0.3 is 4.52 Å². The molecule has 0 aliphatic carbocycles. The Hall–Kier alpha value is -2.74. The number of hydrogen-bond acceptors (Lipinski definition) is 5. The number of benzene rings is 1. The highest BCUT2D eigenvalue weighted by Gasteiger charge is 2.31. The molecule has 5 nitrogen and oxygen atoms in total. The van der Waals surface area contributed by atoms with Crippen molar-refractivity contribution in [3.05, 3.63) is 65.4 Å². The number of fused-ring (bicyclic) bond motifs is 1. The van der Waals surface area contributed by atoms with Crippen LogP contribution in [0, 0.1) is 0 Å². The van der Waals surface area contributed by atoms with Crippen molar-refractivity contribution < 1.29 is 17.7 Å². The normalized spacial score (nSPS) is 15.0. The van der Waals surface area contributed by atoms with E-state index in [1.165, 1.54) is 12.1 Å². The zero-order valence-corrected chi connectivity index (χ0v) is 13.7. The molecule has 0 amide bonds. The molecule has 26 heavy (non-hydrogen) atoms. The lowest BCUT2D eigenvalue weighted by Gasteiger charge is -2.25. The number of alkyl halides is 3. The Labute approximate surface area is 147 Å². The van der Waals surface area contributed by atoms with Crippen LogP contribution in [-0.4, -0.2) is 26.6 Å². The molecule has 8 heteroatoms. The first kappa shape index (κ1) is 16.7. The lowest BCUT2D eigenvalue weighted by Crippen LogP contribution is -2.30. The van der Waals surface area contributed by atoms with Crippen LogP contribution in [-0.2, 0) is 25.7 Å². The topological polar surface area (TPSA) is 55.1 Å². The van der Waals surface area contributed by atoms with Gasteiger partial charge in [0.05, 0.1) is 12.1 Å². The highest BCUT2D eigenvalue weighted by atomic mass is 19.4. The van der Waals surface area contributed by atoms with Gasteiger partial charge >= 0.3 is 6.18 Å². The maximum Gasteiger partial charge on any atom is 0.416 e. The fourth-order valence-electron chi connectivity index (χ4n) is 3.06. The second-order valence-corrected chi connectivity index (χ2v) is 6.13. The molecule has 0 radical (unpaired) electrons. The van der Waals surface area contributed by atoms with Crippen molar-refractivity contribution in [2.24, 2.45) is 0 Å². The summed E-state index contributed by atoms with van der Waals surface area (Å²) in [4.78, 5) is 10.6. The minimum atomic E-state index is -4.35. The third-order valence-electron chi connectivity index (χ3n) is 4.38. The third-order valence-corrected chi connectivity index (χ3v) is 4.38. The standard InChI is InChI=1S/C18H15F3N4O/c19-18(20,21)13-4-2-12(3-5-13)17-14-10-25(9-6-15(14)26-24-17)11-16-22-7-1-8-23-16/h1-5,7-8H,6,9-11H2. The molecule has 1 aliphatic rings. The fraction of sp³-hybridized carbons (Fsp3) is 0.278. The predicted octanol–water partition coefficient (Wildman–Crippen LogP) is 3.71. The number of aromatic nitrogens is 3. The molecule has 0 fully saturated rings. The van der Waals surface area contributed by atoms with Gasteiger partial charge in [-0.1, -0.05) is 17.3 Å². The van der Waals surface area contributed by atoms with Crippen LogP contribution in [0.5, 0.6) is 0 Å². The summed E-state index contributed by atoms with van der Waals surface area (Å²) in [5.74, 6) is 1.51. The molecule has 3 heterocycles. The van der Waals surface area contributed by atoms with Crippen LogP contribution in [0.25, 0.3) is 11.3 Å². The summed E-state index contributed by atoms with van der Waals surface area (Å²) in [5, 5.41) is 4.09. The molecular formula is C18H15F3N4O. The van der Waals surface area contributed by atoms with E-state index in [-0.39, 0.29) is 0 Å². The van der Waals surface area contributed by atoms with Crippen molar-refractivity contribution in [3.8, 4) is 11.3 Å². The Morgan fingerprint density at radius 3 is 2.50 bits per heavy atom. The minimum absolute atomic E-state index is 0.590. The maximum absolute atomic E-state index is 12.7. The maximum atomic E-state index is 12.7. The van der Waals surface area contributed by atoms with Crippen molar-refractivity contribution in [1.82, 2.24) is 20.0 Å². The molecule has 0 atom stereocenters. The Balaban J connectivity index is 1.57. The zero-order valence-electron chi connectivity index (χ0n) is 13.7. The molecule has 2 aromatic heterocycles. The number of rotatable bonds is 3. The smallest absolute Gasteiger partial charge is 0.360 e. The van der Waals surface area contributed by atoms with E-state index in [4.69, 9.17) is 4.52 Å². The Morgan fingerprint density at radius 2 is 1.81 bits per heavy atom. The van der Waals surface area contributed by atoms with Crippen LogP contribution in [0.1, 0.15) is 22.7 Å². The van der Waals surface area contributed by atoms with Crippen LogP contribution in [0.4, 0.5) is 13.2 Å². The Kier molecular flexibility index (Phi) is 4.20. The van der Waals surface area contributed by atoms with Gasteiger partial charge in [0, 0.05) is 43.0 Å². The van der Waals surface area contributed by atoms with Crippen molar-refractivity contribution in [3.63, 3.8) is 0 Å². The lowest BCUT2D eigenvalue weighted by atomic mass is 10.0. The number of nitrogens with zero attached hydrogens (tertiary/aromatic N) is 4. The summed E-state index contributed by atoms with van der Waals surface area (Å²) < 4.78 is 43.6. The van der Waals surface area contributed by atoms with E-state index >= 15 is 0 Å². The molecule has 134 valence electrons. The van der Waals surface area contributed by atoms with Gasteiger partial charge in [0.2, 0.25) is 0 Å². The van der Waals surface area contributed by atoms with Gasteiger partial charge in [-0.3, -0.25) is 4.90 Å². The molecule has 3 aromatic rings. The van der Waals surface area contributed by atoms with Crippen LogP contribution in [0.2, 0.25) is 0 Å². The summed E-state index contributed by atoms with van der Waals surface area (Å²) in [7, 11) is 0. The summed E-state index contributed by atoms with van der Waals surface area (Å²) in [5.41, 5.74) is 1.43. The van der Waals surface area contributed by atoms with Gasteiger partial charge in [-0.05, 0) is 18.2 Å². The molecule has 0 bridgehead atoms. The second-order valence-electron chi connectivity index (χ2n) is 6.13. The van der Waals surface area contributed by atoms with E-state index in [0.717, 1.165) is 35.8 Å². The molecule has 1 aliphatic heterocycles. The first-order chi connectivity index (χ1) is 12.5. The molecule has 0 N–H and O–H groups in total. The quantitative estimate of drug-likeness (QED) is 0.713. The summed E-state index contributed by atoms with van der Waals surface area (Å²) >= 11 is 0. The van der Waals surface area contributed by atoms with Crippen LogP contribution >= 0.6 is 0 Å². The van der Waals surface area contributed by atoms with E-state index in [1.54, 1.807) is 18.5 Å². The Bertz CT molecular complexity index is 891. The first-order valence-electron chi connectivity index (χ1n) is 8.14. The van der Waals surface area contributed by atoms with Crippen molar-refractivity contribution in [2.75, 3.05) is 6.54 Å². The van der Waals surface area contributed by atoms with Gasteiger partial charge in [0.25, 0.3) is 0 Å². The predicted molar refractivity (Wildman–Crippen MR) is 86.8 cm³/mol. The van der Waals surface area contributed by atoms with E-state index < -0.39 is 11.7 Å². The SMILES string of the molecule is FC(F)(F)c1ccc(-c2noc3c2CN(Cc2ncccn2)CC3)cc1. The average Bonchev–Trinajstić information content (AvgIpc) is 3.05. The van der Waals surface area contributed by atoms with E-state index in [9.17, 15) is 13.2 Å². The average molecular weight is 360 g/mol. The lowest BCUT2D eigenvalue weighted by molar-refractivity contribution is -0.137. The van der Waals surface area contributed by atoms with Crippen LogP contribution in [0.15, 0.2) is 47.2 Å². The van der Waals surface area contributed by atoms with Crippen LogP contribution in [0.3, 0.4) is 0 Å². The fourth-order valence-corrected chi connectivity index (χ4v) is 3.06. The highest BCUT2D eigenvalue weighted by Crippen LogP contribution is 2.33. The molecule has 1 aromatic carbocycles. The minimum Gasteiger partial charge on any atom is -0.360 e. The Morgan fingerprint density at radius 1 is 1.08 bits per heavy atom. The second kappa shape index (κ2) is 6.53. The molecule has 0 saturated carbocycles. The van der Waals surface area contributed by atoms with Gasteiger partial charge in [-0.15, -0.1) is 0 Å². The number of hydrogen-bond donors (Lipinski definition) is 0. The van der Waals surface area contributed by atoms with E-state index in [0.29, 0.717) is 30.8 Å². The molecular weight excluding hydrogens is 345 g/mol. The molecule has 0 saturated heterocycles. The van der Waals surface area contributed by atoms with Crippen molar-refractivity contribution >= 4 is 0 Å². The molecule has 0 unspecified atom stereocenters. The first-order valence-corrected chi connectivity index (χ1v) is 8.14. The largest absolute Gasteiger partial charge is 0.416 e. The van der Waals surface area contributed by atoms with E-state index in [1.807, 2.05) is 0 Å². The summed E-state index contributed by atoms with van der Waals surface area (Å²) in [6.45, 7) is 1.97. The van der Waals surface area contributed by atoms with Gasteiger partial charge in [-0.25, -0.2) is 9.97 Å². The van der Waals surface area contributed by atoms with Crippen LogP contribution < -0.4 is 0 Å². The van der Waals surface area contributed by atoms with Crippen molar-refractivity contribution in [2.45, 2.75) is 25.7 Å².